The van der Waals surface area contributed by atoms with Gasteiger partial charge >= 0.3 is 0 Å². The van der Waals surface area contributed by atoms with E-state index in [9.17, 15) is 0 Å². The second kappa shape index (κ2) is 6.51. The monoisotopic (exact) mass is 222 g/mol. The average molecular weight is 222 g/mol. The lowest BCUT2D eigenvalue weighted by Crippen LogP contribution is -2.24. The largest absolute Gasteiger partial charge is 0.380 e. The van der Waals surface area contributed by atoms with Crippen LogP contribution in [0.4, 0.5) is 5.69 Å². The molecule has 2 N–H and O–H groups in total. The van der Waals surface area contributed by atoms with Crippen molar-refractivity contribution in [2.24, 2.45) is 5.73 Å². The Labute approximate surface area is 98.2 Å². The highest BCUT2D eigenvalue weighted by Crippen LogP contribution is 2.23. The van der Waals surface area contributed by atoms with E-state index >= 15 is 0 Å². The van der Waals surface area contributed by atoms with Gasteiger partial charge in [0.15, 0.2) is 0 Å². The zero-order valence-electron chi connectivity index (χ0n) is 10.4. The molecule has 0 aliphatic heterocycles. The molecule has 1 aromatic carbocycles. The Kier molecular flexibility index (Phi) is 5.29. The van der Waals surface area contributed by atoms with Gasteiger partial charge in [0.25, 0.3) is 0 Å². The maximum atomic E-state index is 5.95. The van der Waals surface area contributed by atoms with Gasteiger partial charge in [-0.3, -0.25) is 0 Å². The van der Waals surface area contributed by atoms with Gasteiger partial charge in [-0.05, 0) is 25.5 Å². The smallest absolute Gasteiger partial charge is 0.0641 e. The number of hydrogen-bond acceptors (Lipinski definition) is 3. The fraction of sp³-hybridized carbons (Fsp3) is 0.538. The van der Waals surface area contributed by atoms with Gasteiger partial charge < -0.3 is 15.4 Å². The van der Waals surface area contributed by atoms with Gasteiger partial charge in [0, 0.05) is 31.9 Å². The van der Waals surface area contributed by atoms with Crippen LogP contribution in [-0.2, 0) is 4.74 Å². The number of ether oxygens (including phenoxy) is 1. The lowest BCUT2D eigenvalue weighted by molar-refractivity contribution is 0.154. The summed E-state index contributed by atoms with van der Waals surface area (Å²) in [6, 6.07) is 8.31. The molecule has 0 aliphatic carbocycles. The second-order valence-corrected chi connectivity index (χ2v) is 3.97. The summed E-state index contributed by atoms with van der Waals surface area (Å²) < 4.78 is 5.35. The van der Waals surface area contributed by atoms with Crippen molar-refractivity contribution in [2.75, 3.05) is 31.7 Å². The molecule has 0 bridgehead atoms. The molecule has 16 heavy (non-hydrogen) atoms. The Morgan fingerprint density at radius 1 is 1.38 bits per heavy atom. The number of para-hydroxylation sites is 1. The molecule has 1 aromatic rings. The molecule has 3 nitrogen and oxygen atoms in total. The lowest BCUT2D eigenvalue weighted by atomic mass is 10.1. The minimum absolute atomic E-state index is 0.0609. The van der Waals surface area contributed by atoms with Crippen molar-refractivity contribution >= 4 is 5.69 Å². The van der Waals surface area contributed by atoms with Crippen molar-refractivity contribution in [1.82, 2.24) is 0 Å². The highest BCUT2D eigenvalue weighted by atomic mass is 16.5. The molecule has 0 fully saturated rings. The first-order valence-electron chi connectivity index (χ1n) is 5.80. The first kappa shape index (κ1) is 13.0. The Morgan fingerprint density at radius 2 is 2.06 bits per heavy atom. The predicted molar refractivity (Wildman–Crippen MR) is 68.8 cm³/mol. The molecule has 0 spiro atoms. The number of hydrogen-bond donors (Lipinski definition) is 1. The van der Waals surface area contributed by atoms with Gasteiger partial charge in [0.1, 0.15) is 0 Å². The maximum Gasteiger partial charge on any atom is 0.0641 e. The molecule has 0 amide bonds. The fourth-order valence-electron chi connectivity index (χ4n) is 1.69. The number of nitrogens with two attached hydrogens (primary N) is 1. The lowest BCUT2D eigenvalue weighted by Gasteiger charge is -2.23. The zero-order chi connectivity index (χ0) is 12.0. The van der Waals surface area contributed by atoms with Crippen molar-refractivity contribution in [2.45, 2.75) is 19.9 Å². The second-order valence-electron chi connectivity index (χ2n) is 3.97. The molecule has 3 heteroatoms. The molecule has 0 radical (unpaired) electrons. The van der Waals surface area contributed by atoms with Crippen molar-refractivity contribution < 1.29 is 4.74 Å². The van der Waals surface area contributed by atoms with E-state index in [1.807, 2.05) is 26.0 Å². The molecule has 1 atom stereocenters. The van der Waals surface area contributed by atoms with E-state index in [1.165, 1.54) is 11.3 Å². The van der Waals surface area contributed by atoms with Crippen LogP contribution in [0.2, 0.25) is 0 Å². The van der Waals surface area contributed by atoms with Gasteiger partial charge in [-0.25, -0.2) is 0 Å². The zero-order valence-corrected chi connectivity index (χ0v) is 10.4. The normalized spacial score (nSPS) is 12.5. The van der Waals surface area contributed by atoms with E-state index in [0.717, 1.165) is 19.8 Å². The molecule has 0 aromatic heterocycles. The minimum atomic E-state index is 0.0609. The van der Waals surface area contributed by atoms with Gasteiger partial charge in [-0.2, -0.15) is 0 Å². The molecular weight excluding hydrogens is 200 g/mol. The average Bonchev–Trinajstić information content (AvgIpc) is 2.29. The van der Waals surface area contributed by atoms with Crippen LogP contribution in [0.25, 0.3) is 0 Å². The first-order chi connectivity index (χ1) is 7.66. The van der Waals surface area contributed by atoms with Gasteiger partial charge in [0.05, 0.1) is 6.61 Å². The van der Waals surface area contributed by atoms with Crippen LogP contribution in [0, 0.1) is 0 Å². The fourth-order valence-corrected chi connectivity index (χ4v) is 1.69. The Balaban J connectivity index is 2.70. The summed E-state index contributed by atoms with van der Waals surface area (Å²) in [5.41, 5.74) is 8.32. The number of likely N-dealkylation sites (N-methyl/N-ethyl adjacent to an activating group) is 1. The molecule has 0 saturated heterocycles. The van der Waals surface area contributed by atoms with Gasteiger partial charge in [-0.1, -0.05) is 18.2 Å². The summed E-state index contributed by atoms with van der Waals surface area (Å²) in [7, 11) is 2.07. The number of anilines is 1. The SMILES string of the molecule is CCOCCN(C)c1ccccc1[C@H](C)N. The van der Waals surface area contributed by atoms with Crippen LogP contribution >= 0.6 is 0 Å². The minimum Gasteiger partial charge on any atom is -0.380 e. The van der Waals surface area contributed by atoms with Gasteiger partial charge in [0.2, 0.25) is 0 Å². The quantitative estimate of drug-likeness (QED) is 0.750. The standard InChI is InChI=1S/C13H22N2O/c1-4-16-10-9-15(3)13-8-6-5-7-12(13)11(2)14/h5-8,11H,4,9-10,14H2,1-3H3/t11-/m0/s1. The number of nitrogens with zero attached hydrogens (tertiary/aromatic N) is 1. The first-order valence-corrected chi connectivity index (χ1v) is 5.80. The van der Waals surface area contributed by atoms with Crippen LogP contribution in [0.3, 0.4) is 0 Å². The van der Waals surface area contributed by atoms with Crippen LogP contribution in [0.1, 0.15) is 25.5 Å². The molecule has 1 rings (SSSR count). The summed E-state index contributed by atoms with van der Waals surface area (Å²) in [4.78, 5) is 2.19. The van der Waals surface area contributed by atoms with Crippen molar-refractivity contribution in [3.05, 3.63) is 29.8 Å². The predicted octanol–water partition coefficient (Wildman–Crippen LogP) is 2.18. The Hall–Kier alpha value is -1.06. The Bertz CT molecular complexity index is 313. The topological polar surface area (TPSA) is 38.5 Å². The molecule has 0 heterocycles. The number of benzene rings is 1. The van der Waals surface area contributed by atoms with E-state index in [1.54, 1.807) is 0 Å². The van der Waals surface area contributed by atoms with E-state index in [-0.39, 0.29) is 6.04 Å². The third kappa shape index (κ3) is 3.51. The highest BCUT2D eigenvalue weighted by molar-refractivity contribution is 5.54. The Morgan fingerprint density at radius 3 is 2.69 bits per heavy atom. The van der Waals surface area contributed by atoms with Crippen molar-refractivity contribution in [3.8, 4) is 0 Å². The van der Waals surface area contributed by atoms with Crippen molar-refractivity contribution in [1.29, 1.82) is 0 Å². The maximum absolute atomic E-state index is 5.95. The van der Waals surface area contributed by atoms with Crippen LogP contribution < -0.4 is 10.6 Å². The molecule has 90 valence electrons. The van der Waals surface area contributed by atoms with Crippen LogP contribution in [0.5, 0.6) is 0 Å². The molecule has 0 saturated carbocycles. The van der Waals surface area contributed by atoms with Crippen molar-refractivity contribution in [3.63, 3.8) is 0 Å². The summed E-state index contributed by atoms with van der Waals surface area (Å²) in [5.74, 6) is 0. The summed E-state index contributed by atoms with van der Waals surface area (Å²) in [6.07, 6.45) is 0. The summed E-state index contributed by atoms with van der Waals surface area (Å²) >= 11 is 0. The third-order valence-electron chi connectivity index (χ3n) is 2.61. The van der Waals surface area contributed by atoms with Gasteiger partial charge in [-0.15, -0.1) is 0 Å². The molecule has 0 aliphatic rings. The van der Waals surface area contributed by atoms with E-state index in [2.05, 4.69) is 24.1 Å². The van der Waals surface area contributed by atoms with Crippen LogP contribution in [0.15, 0.2) is 24.3 Å². The number of rotatable bonds is 6. The van der Waals surface area contributed by atoms with E-state index in [4.69, 9.17) is 10.5 Å². The van der Waals surface area contributed by atoms with E-state index in [0.29, 0.717) is 0 Å². The van der Waals surface area contributed by atoms with Crippen LogP contribution in [-0.4, -0.2) is 26.8 Å². The summed E-state index contributed by atoms with van der Waals surface area (Å²) in [5, 5.41) is 0. The molecule has 0 unspecified atom stereocenters. The third-order valence-corrected chi connectivity index (χ3v) is 2.61. The van der Waals surface area contributed by atoms with E-state index < -0.39 is 0 Å². The highest BCUT2D eigenvalue weighted by Gasteiger charge is 2.09. The molecular formula is C13H22N2O. The summed E-state index contributed by atoms with van der Waals surface area (Å²) in [6.45, 7) is 6.42.